The second kappa shape index (κ2) is 5.85. The molecule has 0 aliphatic rings. The minimum Gasteiger partial charge on any atom is -0.396 e. The number of benzene rings is 1. The first-order valence-corrected chi connectivity index (χ1v) is 9.16. The summed E-state index contributed by atoms with van der Waals surface area (Å²) in [5.74, 6) is 0. The van der Waals surface area contributed by atoms with Gasteiger partial charge in [0.25, 0.3) is 0 Å². The maximum atomic E-state index is 9.04. The van der Waals surface area contributed by atoms with Crippen molar-refractivity contribution >= 4 is 14.1 Å². The Hall–Kier alpha value is -1.08. The van der Waals surface area contributed by atoms with E-state index < -0.39 is 8.07 Å². The first-order valence-electron chi connectivity index (χ1n) is 5.66. The predicted octanol–water partition coefficient (Wildman–Crippen LogP) is 3.48. The lowest BCUT2D eigenvalue weighted by Crippen LogP contribution is -2.24. The topological polar surface area (TPSA) is 20.2 Å². The fraction of sp³-hybridized carbons (Fsp3) is 0.357. The number of aliphatic hydroxyl groups excluding tert-OH is 1. The molecule has 2 heteroatoms. The molecule has 0 aliphatic heterocycles. The van der Waals surface area contributed by atoms with Gasteiger partial charge in [0.2, 0.25) is 0 Å². The predicted molar refractivity (Wildman–Crippen MR) is 73.0 cm³/mol. The summed E-state index contributed by atoms with van der Waals surface area (Å²) in [6.45, 7) is 7.06. The third-order valence-electron chi connectivity index (χ3n) is 2.48. The van der Waals surface area contributed by atoms with Crippen LogP contribution in [0.25, 0.3) is 6.08 Å². The summed E-state index contributed by atoms with van der Waals surface area (Å²) in [6.07, 6.45) is 2.77. The Bertz CT molecular complexity index is 381. The molecule has 0 aromatic heterocycles. The van der Waals surface area contributed by atoms with E-state index in [1.54, 1.807) is 0 Å². The van der Waals surface area contributed by atoms with Crippen molar-refractivity contribution in [3.63, 3.8) is 0 Å². The Morgan fingerprint density at radius 3 is 2.38 bits per heavy atom. The third-order valence-corrected chi connectivity index (χ3v) is 4.68. The Labute approximate surface area is 99.1 Å². The van der Waals surface area contributed by atoms with Crippen LogP contribution in [0, 0.1) is 0 Å². The van der Waals surface area contributed by atoms with E-state index in [4.69, 9.17) is 5.11 Å². The van der Waals surface area contributed by atoms with Crippen molar-refractivity contribution in [1.29, 1.82) is 0 Å². The molecule has 16 heavy (non-hydrogen) atoms. The van der Waals surface area contributed by atoms with Gasteiger partial charge in [0.05, 0.1) is 8.07 Å². The van der Waals surface area contributed by atoms with Gasteiger partial charge in [-0.15, -0.1) is 5.73 Å². The molecule has 0 aliphatic carbocycles. The molecule has 0 spiro atoms. The van der Waals surface area contributed by atoms with Crippen LogP contribution in [0.3, 0.4) is 0 Å². The highest BCUT2D eigenvalue weighted by molar-refractivity contribution is 6.83. The van der Waals surface area contributed by atoms with Crippen LogP contribution >= 0.6 is 0 Å². The van der Waals surface area contributed by atoms with Gasteiger partial charge in [0.15, 0.2) is 0 Å². The van der Waals surface area contributed by atoms with Crippen LogP contribution in [-0.2, 0) is 0 Å². The molecule has 1 N–H and O–H groups in total. The fourth-order valence-corrected chi connectivity index (χ4v) is 2.86. The molecule has 86 valence electrons. The molecule has 0 saturated heterocycles. The third kappa shape index (κ3) is 4.19. The SMILES string of the molecule is C[Si](C)(C)C(=C=Cc1ccccc1)CCO. The normalized spacial score (nSPS) is 10.8. The zero-order valence-electron chi connectivity index (χ0n) is 10.3. The molecular weight excluding hydrogens is 212 g/mol. The number of rotatable bonds is 4. The van der Waals surface area contributed by atoms with E-state index in [0.717, 1.165) is 12.0 Å². The first kappa shape index (κ1) is 13.0. The van der Waals surface area contributed by atoms with Gasteiger partial charge in [-0.05, 0) is 23.3 Å². The minimum absolute atomic E-state index is 0.217. The van der Waals surface area contributed by atoms with Crippen LogP contribution in [0.15, 0.2) is 41.3 Å². The summed E-state index contributed by atoms with van der Waals surface area (Å²) in [4.78, 5) is 0. The highest BCUT2D eigenvalue weighted by atomic mass is 28.3. The van der Waals surface area contributed by atoms with Gasteiger partial charge >= 0.3 is 0 Å². The largest absolute Gasteiger partial charge is 0.396 e. The van der Waals surface area contributed by atoms with E-state index >= 15 is 0 Å². The molecule has 0 saturated carbocycles. The standard InChI is InChI=1S/C14H20OSi/c1-16(2,3)14(11-12-15)10-9-13-7-5-4-6-8-13/h4-9,15H,11-12H2,1-3H3. The highest BCUT2D eigenvalue weighted by Gasteiger charge is 2.18. The molecule has 0 radical (unpaired) electrons. The molecule has 0 fully saturated rings. The van der Waals surface area contributed by atoms with Crippen LogP contribution in [-0.4, -0.2) is 19.8 Å². The monoisotopic (exact) mass is 232 g/mol. The average molecular weight is 232 g/mol. The van der Waals surface area contributed by atoms with Crippen LogP contribution in [0.4, 0.5) is 0 Å². The summed E-state index contributed by atoms with van der Waals surface area (Å²) in [5.41, 5.74) is 4.53. The molecular formula is C14H20OSi. The van der Waals surface area contributed by atoms with Gasteiger partial charge in [-0.3, -0.25) is 0 Å². The Balaban J connectivity index is 2.98. The number of hydrogen-bond acceptors (Lipinski definition) is 1. The Kier molecular flexibility index (Phi) is 4.75. The molecule has 0 unspecified atom stereocenters. The molecule has 1 rings (SSSR count). The molecule has 0 bridgehead atoms. The Morgan fingerprint density at radius 1 is 1.25 bits per heavy atom. The van der Waals surface area contributed by atoms with Crippen molar-refractivity contribution in [2.75, 3.05) is 6.61 Å². The van der Waals surface area contributed by atoms with E-state index in [2.05, 4.69) is 37.5 Å². The number of aliphatic hydroxyl groups is 1. The summed E-state index contributed by atoms with van der Waals surface area (Å²) < 4.78 is 0. The molecule has 1 aromatic rings. The maximum absolute atomic E-state index is 9.04. The van der Waals surface area contributed by atoms with Crippen LogP contribution in [0.2, 0.25) is 19.6 Å². The van der Waals surface area contributed by atoms with Gasteiger partial charge in [0, 0.05) is 6.61 Å². The zero-order chi connectivity index (χ0) is 12.0. The fourth-order valence-electron chi connectivity index (χ4n) is 1.50. The van der Waals surface area contributed by atoms with E-state index in [9.17, 15) is 0 Å². The summed E-state index contributed by atoms with van der Waals surface area (Å²) in [7, 11) is -1.35. The lowest BCUT2D eigenvalue weighted by Gasteiger charge is -2.17. The van der Waals surface area contributed by atoms with E-state index in [0.29, 0.717) is 0 Å². The summed E-state index contributed by atoms with van der Waals surface area (Å²) in [6, 6.07) is 10.2. The van der Waals surface area contributed by atoms with Crippen molar-refractivity contribution < 1.29 is 5.11 Å². The molecule has 1 aromatic carbocycles. The van der Waals surface area contributed by atoms with E-state index in [-0.39, 0.29) is 6.61 Å². The van der Waals surface area contributed by atoms with Crippen molar-refractivity contribution in [2.45, 2.75) is 26.1 Å². The van der Waals surface area contributed by atoms with Gasteiger partial charge in [-0.2, -0.15) is 0 Å². The minimum atomic E-state index is -1.35. The van der Waals surface area contributed by atoms with Gasteiger partial charge in [0.1, 0.15) is 0 Å². The lowest BCUT2D eigenvalue weighted by molar-refractivity contribution is 0.301. The smallest absolute Gasteiger partial charge is 0.0824 e. The van der Waals surface area contributed by atoms with Gasteiger partial charge in [-0.1, -0.05) is 50.0 Å². The first-order chi connectivity index (χ1) is 7.54. The van der Waals surface area contributed by atoms with Gasteiger partial charge < -0.3 is 5.11 Å². The Morgan fingerprint density at radius 2 is 1.88 bits per heavy atom. The van der Waals surface area contributed by atoms with Crippen molar-refractivity contribution in [2.24, 2.45) is 0 Å². The second-order valence-electron chi connectivity index (χ2n) is 4.90. The zero-order valence-corrected chi connectivity index (χ0v) is 11.3. The quantitative estimate of drug-likeness (QED) is 0.622. The van der Waals surface area contributed by atoms with E-state index in [1.807, 2.05) is 24.3 Å². The molecule has 0 heterocycles. The molecule has 0 atom stereocenters. The molecule has 1 nitrogen and oxygen atoms in total. The summed E-state index contributed by atoms with van der Waals surface area (Å²) in [5, 5.41) is 10.3. The molecule has 0 amide bonds. The highest BCUT2D eigenvalue weighted by Crippen LogP contribution is 2.17. The number of hydrogen-bond donors (Lipinski definition) is 1. The van der Waals surface area contributed by atoms with Gasteiger partial charge in [-0.25, -0.2) is 0 Å². The van der Waals surface area contributed by atoms with E-state index in [1.165, 1.54) is 5.20 Å². The van der Waals surface area contributed by atoms with Crippen molar-refractivity contribution in [1.82, 2.24) is 0 Å². The van der Waals surface area contributed by atoms with Crippen molar-refractivity contribution in [3.8, 4) is 0 Å². The maximum Gasteiger partial charge on any atom is 0.0824 e. The van der Waals surface area contributed by atoms with Crippen LogP contribution < -0.4 is 0 Å². The summed E-state index contributed by atoms with van der Waals surface area (Å²) >= 11 is 0. The lowest BCUT2D eigenvalue weighted by atomic mass is 10.2. The van der Waals surface area contributed by atoms with Crippen LogP contribution in [0.5, 0.6) is 0 Å². The second-order valence-corrected chi connectivity index (χ2v) is 10.0. The average Bonchev–Trinajstić information content (AvgIpc) is 2.24. The van der Waals surface area contributed by atoms with Crippen molar-refractivity contribution in [3.05, 3.63) is 46.8 Å². The van der Waals surface area contributed by atoms with Crippen LogP contribution in [0.1, 0.15) is 12.0 Å².